The van der Waals surface area contributed by atoms with Crippen molar-refractivity contribution < 1.29 is 0 Å². The fourth-order valence-corrected chi connectivity index (χ4v) is 0.714. The van der Waals surface area contributed by atoms with Crippen molar-refractivity contribution in [1.29, 1.82) is 0 Å². The van der Waals surface area contributed by atoms with Gasteiger partial charge in [-0.25, -0.2) is 0 Å². The summed E-state index contributed by atoms with van der Waals surface area (Å²) in [4.78, 5) is 0. The van der Waals surface area contributed by atoms with Crippen molar-refractivity contribution in [3.05, 3.63) is 36.6 Å². The van der Waals surface area contributed by atoms with Crippen LogP contribution in [0.4, 0.5) is 0 Å². The molecule has 0 bridgehead atoms. The second-order valence-electron chi connectivity index (χ2n) is 2.16. The van der Waals surface area contributed by atoms with Crippen LogP contribution in [-0.2, 0) is 0 Å². The van der Waals surface area contributed by atoms with Crippen LogP contribution in [0, 0.1) is 0 Å². The summed E-state index contributed by atoms with van der Waals surface area (Å²) >= 11 is 0. The van der Waals surface area contributed by atoms with E-state index in [1.54, 1.807) is 0 Å². The van der Waals surface area contributed by atoms with E-state index in [-0.39, 0.29) is 0 Å². The van der Waals surface area contributed by atoms with E-state index in [0.717, 1.165) is 5.57 Å². The quantitative estimate of drug-likeness (QED) is 0.607. The van der Waals surface area contributed by atoms with Gasteiger partial charge in [0.05, 0.1) is 0 Å². The van der Waals surface area contributed by atoms with Crippen molar-refractivity contribution in [2.75, 3.05) is 0 Å². The monoisotopic (exact) mass is 151 g/mol. The summed E-state index contributed by atoms with van der Waals surface area (Å²) in [6.45, 7) is 9.75. The zero-order chi connectivity index (χ0) is 8.69. The first-order chi connectivity index (χ1) is 5.33. The molecule has 11 heavy (non-hydrogen) atoms. The van der Waals surface area contributed by atoms with Gasteiger partial charge >= 0.3 is 0 Å². The number of hydrogen-bond donors (Lipinski definition) is 1. The predicted octanol–water partition coefficient (Wildman–Crippen LogP) is 2.63. The Hall–Kier alpha value is -0.980. The van der Waals surface area contributed by atoms with E-state index in [0.29, 0.717) is 6.04 Å². The van der Waals surface area contributed by atoms with Crippen molar-refractivity contribution >= 4 is 0 Å². The summed E-state index contributed by atoms with van der Waals surface area (Å²) in [5.74, 6) is 0. The lowest BCUT2D eigenvalue weighted by Gasteiger charge is -2.11. The van der Waals surface area contributed by atoms with Crippen LogP contribution < -0.4 is 5.32 Å². The average molecular weight is 151 g/mol. The largest absolute Gasteiger partial charge is 0.384 e. The second-order valence-corrected chi connectivity index (χ2v) is 2.16. The van der Waals surface area contributed by atoms with Crippen molar-refractivity contribution in [2.45, 2.75) is 26.8 Å². The number of rotatable bonds is 1. The SMILES string of the molecule is C=CC1=CNC(C)C=C1.CC. The molecular weight excluding hydrogens is 134 g/mol. The number of hydrogen-bond acceptors (Lipinski definition) is 1. The Morgan fingerprint density at radius 1 is 1.55 bits per heavy atom. The molecule has 0 aromatic heterocycles. The van der Waals surface area contributed by atoms with Gasteiger partial charge in [0.1, 0.15) is 0 Å². The van der Waals surface area contributed by atoms with Gasteiger partial charge < -0.3 is 5.32 Å². The van der Waals surface area contributed by atoms with Crippen LogP contribution in [0.1, 0.15) is 20.8 Å². The summed E-state index contributed by atoms with van der Waals surface area (Å²) in [5.41, 5.74) is 1.15. The van der Waals surface area contributed by atoms with Gasteiger partial charge in [0.25, 0.3) is 0 Å². The van der Waals surface area contributed by atoms with Crippen LogP contribution in [0.25, 0.3) is 0 Å². The minimum atomic E-state index is 0.466. The highest BCUT2D eigenvalue weighted by Crippen LogP contribution is 2.02. The summed E-state index contributed by atoms with van der Waals surface area (Å²) in [6, 6.07) is 0.466. The van der Waals surface area contributed by atoms with E-state index in [9.17, 15) is 0 Å². The summed E-state index contributed by atoms with van der Waals surface area (Å²) in [5, 5.41) is 3.16. The third-order valence-corrected chi connectivity index (χ3v) is 1.33. The second kappa shape index (κ2) is 5.78. The summed E-state index contributed by atoms with van der Waals surface area (Å²) in [6.07, 6.45) is 7.97. The molecule has 1 nitrogen and oxygen atoms in total. The third-order valence-electron chi connectivity index (χ3n) is 1.33. The van der Waals surface area contributed by atoms with Crippen LogP contribution in [0.2, 0.25) is 0 Å². The lowest BCUT2D eigenvalue weighted by molar-refractivity contribution is 0.756. The third kappa shape index (κ3) is 3.66. The van der Waals surface area contributed by atoms with Gasteiger partial charge in [0.15, 0.2) is 0 Å². The Morgan fingerprint density at radius 3 is 2.55 bits per heavy atom. The fourth-order valence-electron chi connectivity index (χ4n) is 0.714. The molecule has 1 heterocycles. The molecule has 1 heteroatoms. The fraction of sp³-hybridized carbons (Fsp3) is 0.400. The van der Waals surface area contributed by atoms with Gasteiger partial charge in [-0.05, 0) is 12.5 Å². The lowest BCUT2D eigenvalue weighted by Crippen LogP contribution is -2.20. The number of dihydropyridines is 1. The average Bonchev–Trinajstić information content (AvgIpc) is 2.10. The molecule has 1 aliphatic heterocycles. The molecule has 1 unspecified atom stereocenters. The van der Waals surface area contributed by atoms with Gasteiger partial charge in [-0.1, -0.05) is 38.7 Å². The maximum atomic E-state index is 3.65. The number of nitrogens with one attached hydrogen (secondary N) is 1. The lowest BCUT2D eigenvalue weighted by atomic mass is 10.1. The minimum absolute atomic E-state index is 0.466. The first-order valence-corrected chi connectivity index (χ1v) is 4.10. The maximum absolute atomic E-state index is 3.65. The van der Waals surface area contributed by atoms with Gasteiger partial charge in [0, 0.05) is 12.2 Å². The molecule has 0 aromatic rings. The summed E-state index contributed by atoms with van der Waals surface area (Å²) in [7, 11) is 0. The van der Waals surface area contributed by atoms with E-state index < -0.39 is 0 Å². The molecule has 1 rings (SSSR count). The Bertz CT molecular complexity index is 166. The minimum Gasteiger partial charge on any atom is -0.384 e. The number of allylic oxidation sites excluding steroid dienone is 3. The normalized spacial score (nSPS) is 20.6. The van der Waals surface area contributed by atoms with E-state index in [2.05, 4.69) is 31.0 Å². The smallest absolute Gasteiger partial charge is 0.0414 e. The van der Waals surface area contributed by atoms with Gasteiger partial charge in [-0.2, -0.15) is 0 Å². The molecule has 0 amide bonds. The molecule has 1 aliphatic rings. The highest BCUT2D eigenvalue weighted by Gasteiger charge is 1.96. The molecule has 0 fully saturated rings. The molecule has 0 spiro atoms. The van der Waals surface area contributed by atoms with Crippen LogP contribution in [-0.4, -0.2) is 6.04 Å². The highest BCUT2D eigenvalue weighted by atomic mass is 14.9. The molecule has 0 aliphatic carbocycles. The molecule has 62 valence electrons. The van der Waals surface area contributed by atoms with Gasteiger partial charge in [0.2, 0.25) is 0 Å². The topological polar surface area (TPSA) is 12.0 Å². The van der Waals surface area contributed by atoms with Crippen molar-refractivity contribution in [3.8, 4) is 0 Å². The Kier molecular flexibility index (Phi) is 5.26. The standard InChI is InChI=1S/C8H11N.C2H6/c1-3-8-5-4-7(2)9-6-8;1-2/h3-7,9H,1H2,2H3;1-2H3. The van der Waals surface area contributed by atoms with Crippen molar-refractivity contribution in [1.82, 2.24) is 5.32 Å². The Labute approximate surface area is 69.5 Å². The summed E-state index contributed by atoms with van der Waals surface area (Å²) < 4.78 is 0. The molecule has 1 N–H and O–H groups in total. The first-order valence-electron chi connectivity index (χ1n) is 4.10. The van der Waals surface area contributed by atoms with E-state index in [4.69, 9.17) is 0 Å². The van der Waals surface area contributed by atoms with Crippen LogP contribution in [0.3, 0.4) is 0 Å². The molecule has 0 saturated heterocycles. The molecular formula is C10H17N. The van der Waals surface area contributed by atoms with Crippen LogP contribution >= 0.6 is 0 Å². The predicted molar refractivity (Wildman–Crippen MR) is 51.4 cm³/mol. The Balaban J connectivity index is 0.000000461. The van der Waals surface area contributed by atoms with Crippen molar-refractivity contribution in [2.24, 2.45) is 0 Å². The molecule has 1 atom stereocenters. The van der Waals surface area contributed by atoms with Crippen LogP contribution in [0.5, 0.6) is 0 Å². The van der Waals surface area contributed by atoms with Crippen LogP contribution in [0.15, 0.2) is 36.6 Å². The van der Waals surface area contributed by atoms with E-state index >= 15 is 0 Å². The van der Waals surface area contributed by atoms with Crippen molar-refractivity contribution in [3.63, 3.8) is 0 Å². The molecule has 0 radical (unpaired) electrons. The van der Waals surface area contributed by atoms with E-state index in [1.165, 1.54) is 0 Å². The molecule has 0 aromatic carbocycles. The zero-order valence-corrected chi connectivity index (χ0v) is 7.59. The zero-order valence-electron chi connectivity index (χ0n) is 7.59. The van der Waals surface area contributed by atoms with E-state index in [1.807, 2.05) is 26.1 Å². The Morgan fingerprint density at radius 2 is 2.18 bits per heavy atom. The van der Waals surface area contributed by atoms with Gasteiger partial charge in [-0.15, -0.1) is 0 Å². The van der Waals surface area contributed by atoms with Gasteiger partial charge in [-0.3, -0.25) is 0 Å². The maximum Gasteiger partial charge on any atom is 0.0414 e. The molecule has 0 saturated carbocycles. The first kappa shape index (κ1) is 10.0. The highest BCUT2D eigenvalue weighted by molar-refractivity contribution is 5.31.